The molecule has 1 unspecified atom stereocenters. The number of fused-ring (bicyclic) bond motifs is 1. The topological polar surface area (TPSA) is 12.0 Å². The Morgan fingerprint density at radius 1 is 1.20 bits per heavy atom. The SMILES string of the molecule is C=CCSc1ccccc1NC1CSc2ccccc21. The minimum Gasteiger partial charge on any atom is -0.376 e. The van der Waals surface area contributed by atoms with E-state index in [4.69, 9.17) is 0 Å². The number of anilines is 1. The molecule has 1 aliphatic rings. The summed E-state index contributed by atoms with van der Waals surface area (Å²) in [7, 11) is 0. The Hall–Kier alpha value is -1.32. The Kier molecular flexibility index (Phi) is 4.38. The van der Waals surface area contributed by atoms with Gasteiger partial charge in [-0.15, -0.1) is 30.1 Å². The van der Waals surface area contributed by atoms with Crippen LogP contribution >= 0.6 is 23.5 Å². The molecule has 0 saturated carbocycles. The molecule has 1 atom stereocenters. The molecule has 1 nitrogen and oxygen atoms in total. The fourth-order valence-corrected chi connectivity index (χ4v) is 4.25. The molecule has 3 rings (SSSR count). The summed E-state index contributed by atoms with van der Waals surface area (Å²) in [6, 6.07) is 17.6. The van der Waals surface area contributed by atoms with Crippen LogP contribution in [0.3, 0.4) is 0 Å². The lowest BCUT2D eigenvalue weighted by Gasteiger charge is -2.17. The molecule has 2 aromatic rings. The minimum atomic E-state index is 0.404. The average Bonchev–Trinajstić information content (AvgIpc) is 2.90. The first-order chi connectivity index (χ1) is 9.88. The van der Waals surface area contributed by atoms with Crippen LogP contribution in [0, 0.1) is 0 Å². The second-order valence-corrected chi connectivity index (χ2v) is 6.77. The fraction of sp³-hybridized carbons (Fsp3) is 0.176. The lowest BCUT2D eigenvalue weighted by molar-refractivity contribution is 0.894. The molecule has 0 amide bonds. The van der Waals surface area contributed by atoms with Crippen molar-refractivity contribution in [3.05, 3.63) is 66.7 Å². The van der Waals surface area contributed by atoms with Crippen molar-refractivity contribution >= 4 is 29.2 Å². The largest absolute Gasteiger partial charge is 0.376 e. The van der Waals surface area contributed by atoms with E-state index in [9.17, 15) is 0 Å². The quantitative estimate of drug-likeness (QED) is 0.600. The van der Waals surface area contributed by atoms with Crippen molar-refractivity contribution < 1.29 is 0 Å². The van der Waals surface area contributed by atoms with Gasteiger partial charge in [0.2, 0.25) is 0 Å². The summed E-state index contributed by atoms with van der Waals surface area (Å²) in [5.41, 5.74) is 2.64. The van der Waals surface area contributed by atoms with Crippen molar-refractivity contribution in [2.24, 2.45) is 0 Å². The third-order valence-electron chi connectivity index (χ3n) is 3.27. The first-order valence-electron chi connectivity index (χ1n) is 6.69. The van der Waals surface area contributed by atoms with Crippen molar-refractivity contribution in [3.8, 4) is 0 Å². The zero-order valence-corrected chi connectivity index (χ0v) is 12.8. The van der Waals surface area contributed by atoms with Crippen LogP contribution in [-0.4, -0.2) is 11.5 Å². The van der Waals surface area contributed by atoms with E-state index in [0.29, 0.717) is 6.04 Å². The molecular weight excluding hydrogens is 282 g/mol. The van der Waals surface area contributed by atoms with E-state index in [2.05, 4.69) is 60.4 Å². The van der Waals surface area contributed by atoms with Crippen LogP contribution in [0.15, 0.2) is 71.0 Å². The molecule has 0 aliphatic carbocycles. The van der Waals surface area contributed by atoms with Gasteiger partial charge in [-0.3, -0.25) is 0 Å². The summed E-state index contributed by atoms with van der Waals surface area (Å²) in [6.07, 6.45) is 1.95. The van der Waals surface area contributed by atoms with Gasteiger partial charge in [-0.2, -0.15) is 0 Å². The Labute approximate surface area is 128 Å². The molecule has 102 valence electrons. The van der Waals surface area contributed by atoms with Gasteiger partial charge in [0.15, 0.2) is 0 Å². The maximum absolute atomic E-state index is 3.79. The van der Waals surface area contributed by atoms with Crippen LogP contribution in [0.25, 0.3) is 0 Å². The second-order valence-electron chi connectivity index (χ2n) is 4.64. The van der Waals surface area contributed by atoms with E-state index in [1.54, 1.807) is 0 Å². The van der Waals surface area contributed by atoms with Gasteiger partial charge in [0.25, 0.3) is 0 Å². The number of benzene rings is 2. The highest BCUT2D eigenvalue weighted by Crippen LogP contribution is 2.40. The van der Waals surface area contributed by atoms with E-state index in [-0.39, 0.29) is 0 Å². The lowest BCUT2D eigenvalue weighted by Crippen LogP contribution is -2.10. The average molecular weight is 299 g/mol. The predicted molar refractivity (Wildman–Crippen MR) is 90.9 cm³/mol. The Bertz CT molecular complexity index is 609. The van der Waals surface area contributed by atoms with E-state index < -0.39 is 0 Å². The van der Waals surface area contributed by atoms with Crippen molar-refractivity contribution in [1.29, 1.82) is 0 Å². The number of para-hydroxylation sites is 1. The van der Waals surface area contributed by atoms with Crippen LogP contribution < -0.4 is 5.32 Å². The Morgan fingerprint density at radius 2 is 2.00 bits per heavy atom. The number of thioether (sulfide) groups is 2. The van der Waals surface area contributed by atoms with Crippen LogP contribution in [-0.2, 0) is 0 Å². The van der Waals surface area contributed by atoms with Crippen LogP contribution in [0.5, 0.6) is 0 Å². The molecule has 0 saturated heterocycles. The van der Waals surface area contributed by atoms with Crippen LogP contribution in [0.2, 0.25) is 0 Å². The number of hydrogen-bond acceptors (Lipinski definition) is 3. The summed E-state index contributed by atoms with van der Waals surface area (Å²) in [5.74, 6) is 2.04. The third-order valence-corrected chi connectivity index (χ3v) is 5.53. The molecular formula is C17H17NS2. The van der Waals surface area contributed by atoms with Gasteiger partial charge in [-0.25, -0.2) is 0 Å². The molecule has 3 heteroatoms. The minimum absolute atomic E-state index is 0.404. The Balaban J connectivity index is 1.80. The first-order valence-corrected chi connectivity index (χ1v) is 8.66. The molecule has 0 spiro atoms. The van der Waals surface area contributed by atoms with Gasteiger partial charge < -0.3 is 5.32 Å². The molecule has 0 bridgehead atoms. The standard InChI is InChI=1S/C17H17NS2/c1-2-11-19-17-10-6-4-8-14(17)18-15-12-20-16-9-5-3-7-13(15)16/h2-10,15,18H,1,11-12H2. The maximum Gasteiger partial charge on any atom is 0.0619 e. The fourth-order valence-electron chi connectivity index (χ4n) is 2.33. The van der Waals surface area contributed by atoms with E-state index in [0.717, 1.165) is 11.5 Å². The summed E-state index contributed by atoms with van der Waals surface area (Å²) >= 11 is 3.76. The monoisotopic (exact) mass is 299 g/mol. The zero-order chi connectivity index (χ0) is 13.8. The summed E-state index contributed by atoms with van der Waals surface area (Å²) in [5, 5.41) is 3.70. The molecule has 0 fully saturated rings. The van der Waals surface area contributed by atoms with Gasteiger partial charge in [-0.1, -0.05) is 36.4 Å². The highest BCUT2D eigenvalue weighted by atomic mass is 32.2. The summed E-state index contributed by atoms with van der Waals surface area (Å²) < 4.78 is 0. The van der Waals surface area contributed by atoms with E-state index in [1.165, 1.54) is 21.0 Å². The second kappa shape index (κ2) is 6.42. The predicted octanol–water partition coefficient (Wildman–Crippen LogP) is 5.22. The molecule has 1 heterocycles. The van der Waals surface area contributed by atoms with Gasteiger partial charge in [-0.05, 0) is 23.8 Å². The van der Waals surface area contributed by atoms with Crippen LogP contribution in [0.1, 0.15) is 11.6 Å². The first kappa shape index (κ1) is 13.7. The van der Waals surface area contributed by atoms with Gasteiger partial charge in [0, 0.05) is 27.0 Å². The normalized spacial score (nSPS) is 16.7. The molecule has 1 N–H and O–H groups in total. The number of rotatable bonds is 5. The summed E-state index contributed by atoms with van der Waals surface area (Å²) in [4.78, 5) is 2.70. The molecule has 20 heavy (non-hydrogen) atoms. The Morgan fingerprint density at radius 3 is 2.90 bits per heavy atom. The molecule has 0 aromatic heterocycles. The maximum atomic E-state index is 3.79. The summed E-state index contributed by atoms with van der Waals surface area (Å²) in [6.45, 7) is 3.79. The van der Waals surface area contributed by atoms with E-state index >= 15 is 0 Å². The third kappa shape index (κ3) is 2.89. The van der Waals surface area contributed by atoms with Gasteiger partial charge >= 0.3 is 0 Å². The lowest BCUT2D eigenvalue weighted by atomic mass is 10.1. The number of nitrogens with one attached hydrogen (secondary N) is 1. The van der Waals surface area contributed by atoms with Crippen molar-refractivity contribution in [3.63, 3.8) is 0 Å². The van der Waals surface area contributed by atoms with Crippen molar-refractivity contribution in [2.45, 2.75) is 15.8 Å². The zero-order valence-electron chi connectivity index (χ0n) is 11.2. The van der Waals surface area contributed by atoms with Crippen LogP contribution in [0.4, 0.5) is 5.69 Å². The smallest absolute Gasteiger partial charge is 0.0619 e. The highest BCUT2D eigenvalue weighted by Gasteiger charge is 2.22. The highest BCUT2D eigenvalue weighted by molar-refractivity contribution is 7.99. The molecule has 0 radical (unpaired) electrons. The number of hydrogen-bond donors (Lipinski definition) is 1. The van der Waals surface area contributed by atoms with Crippen molar-refractivity contribution in [1.82, 2.24) is 0 Å². The molecule has 2 aromatic carbocycles. The van der Waals surface area contributed by atoms with Gasteiger partial charge in [0.1, 0.15) is 0 Å². The van der Waals surface area contributed by atoms with Crippen molar-refractivity contribution in [2.75, 3.05) is 16.8 Å². The van der Waals surface area contributed by atoms with Gasteiger partial charge in [0.05, 0.1) is 6.04 Å². The van der Waals surface area contributed by atoms with E-state index in [1.807, 2.05) is 29.6 Å². The molecule has 1 aliphatic heterocycles.